The van der Waals surface area contributed by atoms with Gasteiger partial charge >= 0.3 is 0 Å². The van der Waals surface area contributed by atoms with E-state index >= 15 is 0 Å². The summed E-state index contributed by atoms with van der Waals surface area (Å²) in [6, 6.07) is 0. The lowest BCUT2D eigenvalue weighted by Gasteiger charge is -2.47. The summed E-state index contributed by atoms with van der Waals surface area (Å²) in [6.45, 7) is 5.31. The van der Waals surface area contributed by atoms with Crippen molar-refractivity contribution in [2.45, 2.75) is 19.8 Å². The normalized spacial score (nSPS) is 25.7. The minimum atomic E-state index is -2.94. The number of hydrogen-bond donors (Lipinski definition) is 1. The van der Waals surface area contributed by atoms with Crippen LogP contribution in [0.15, 0.2) is 0 Å². The van der Waals surface area contributed by atoms with Crippen LogP contribution in [-0.2, 0) is 10.0 Å². The summed E-state index contributed by atoms with van der Waals surface area (Å²) in [6.07, 6.45) is 2.05. The summed E-state index contributed by atoms with van der Waals surface area (Å²) in [5.41, 5.74) is 0.430. The molecule has 90 valence electrons. The van der Waals surface area contributed by atoms with Crippen LogP contribution in [0.1, 0.15) is 19.8 Å². The Morgan fingerprint density at radius 2 is 1.80 bits per heavy atom. The smallest absolute Gasteiger partial charge is 0.213 e. The van der Waals surface area contributed by atoms with E-state index in [0.29, 0.717) is 5.41 Å². The first kappa shape index (κ1) is 13.2. The number of sulfonamides is 1. The molecule has 1 spiro atoms. The average molecular weight is 255 g/mol. The van der Waals surface area contributed by atoms with Gasteiger partial charge in [0, 0.05) is 26.2 Å². The molecule has 2 saturated heterocycles. The van der Waals surface area contributed by atoms with Crippen molar-refractivity contribution < 1.29 is 8.42 Å². The molecule has 0 aliphatic carbocycles. The van der Waals surface area contributed by atoms with Crippen LogP contribution < -0.4 is 5.32 Å². The van der Waals surface area contributed by atoms with Gasteiger partial charge in [0.25, 0.3) is 0 Å². The molecule has 2 rings (SSSR count). The molecule has 4 nitrogen and oxygen atoms in total. The molecule has 0 amide bonds. The molecule has 0 aromatic carbocycles. The topological polar surface area (TPSA) is 49.4 Å². The summed E-state index contributed by atoms with van der Waals surface area (Å²) >= 11 is 0. The maximum absolute atomic E-state index is 11.6. The Morgan fingerprint density at radius 1 is 1.27 bits per heavy atom. The molecule has 2 aliphatic rings. The van der Waals surface area contributed by atoms with Crippen LogP contribution in [0.3, 0.4) is 0 Å². The predicted octanol–water partition coefficient (Wildman–Crippen LogP) is 0.443. The first-order valence-corrected chi connectivity index (χ1v) is 6.87. The quantitative estimate of drug-likeness (QED) is 0.778. The van der Waals surface area contributed by atoms with Gasteiger partial charge in [-0.25, -0.2) is 12.7 Å². The van der Waals surface area contributed by atoms with E-state index in [4.69, 9.17) is 0 Å². The fourth-order valence-corrected chi connectivity index (χ4v) is 3.36. The van der Waals surface area contributed by atoms with Crippen molar-refractivity contribution in [1.82, 2.24) is 9.62 Å². The molecule has 0 aromatic heterocycles. The standard InChI is InChI=1S/C9H18N2O2S.ClH/c1-2-14(12,13)11-5-3-9(4-6-11)7-10-8-9;/h10H,2-8H2,1H3;1H. The minimum absolute atomic E-state index is 0. The highest BCUT2D eigenvalue weighted by molar-refractivity contribution is 7.89. The van der Waals surface area contributed by atoms with Crippen molar-refractivity contribution in [3.05, 3.63) is 0 Å². The van der Waals surface area contributed by atoms with E-state index in [1.54, 1.807) is 11.2 Å². The largest absolute Gasteiger partial charge is 0.316 e. The lowest BCUT2D eigenvalue weighted by Crippen LogP contribution is -2.58. The van der Waals surface area contributed by atoms with Crippen molar-refractivity contribution in [2.75, 3.05) is 31.9 Å². The zero-order chi connectivity index (χ0) is 10.2. The molecule has 0 atom stereocenters. The Morgan fingerprint density at radius 3 is 2.13 bits per heavy atom. The SMILES string of the molecule is CCS(=O)(=O)N1CCC2(CC1)CNC2.Cl. The van der Waals surface area contributed by atoms with Crippen LogP contribution in [0.5, 0.6) is 0 Å². The van der Waals surface area contributed by atoms with Crippen molar-refractivity contribution in [3.8, 4) is 0 Å². The zero-order valence-electron chi connectivity index (χ0n) is 9.03. The highest BCUT2D eigenvalue weighted by Crippen LogP contribution is 2.35. The van der Waals surface area contributed by atoms with Gasteiger partial charge in [-0.1, -0.05) is 0 Å². The average Bonchev–Trinajstić information content (AvgIpc) is 2.16. The molecule has 0 saturated carbocycles. The van der Waals surface area contributed by atoms with Crippen molar-refractivity contribution >= 4 is 22.4 Å². The molecule has 15 heavy (non-hydrogen) atoms. The lowest BCUT2D eigenvalue weighted by atomic mass is 9.74. The van der Waals surface area contributed by atoms with Gasteiger partial charge in [0.15, 0.2) is 0 Å². The molecule has 0 radical (unpaired) electrons. The van der Waals surface area contributed by atoms with Crippen molar-refractivity contribution in [3.63, 3.8) is 0 Å². The fraction of sp³-hybridized carbons (Fsp3) is 1.00. The highest BCUT2D eigenvalue weighted by atomic mass is 35.5. The van der Waals surface area contributed by atoms with Gasteiger partial charge in [0.05, 0.1) is 5.75 Å². The summed E-state index contributed by atoms with van der Waals surface area (Å²) in [7, 11) is -2.94. The second kappa shape index (κ2) is 4.57. The molecule has 0 unspecified atom stereocenters. The lowest BCUT2D eigenvalue weighted by molar-refractivity contribution is 0.0871. The maximum atomic E-state index is 11.6. The van der Waals surface area contributed by atoms with E-state index in [9.17, 15) is 8.42 Å². The summed E-state index contributed by atoms with van der Waals surface area (Å²) in [5, 5.41) is 3.27. The number of nitrogens with one attached hydrogen (secondary N) is 1. The predicted molar refractivity (Wildman–Crippen MR) is 62.8 cm³/mol. The van der Waals surface area contributed by atoms with Gasteiger partial charge in [-0.15, -0.1) is 12.4 Å². The van der Waals surface area contributed by atoms with Crippen LogP contribution in [0.2, 0.25) is 0 Å². The minimum Gasteiger partial charge on any atom is -0.316 e. The van der Waals surface area contributed by atoms with E-state index < -0.39 is 10.0 Å². The fourth-order valence-electron chi connectivity index (χ4n) is 2.25. The van der Waals surface area contributed by atoms with Gasteiger partial charge in [-0.05, 0) is 25.2 Å². The van der Waals surface area contributed by atoms with Gasteiger partial charge in [0.2, 0.25) is 10.0 Å². The van der Waals surface area contributed by atoms with Crippen LogP contribution >= 0.6 is 12.4 Å². The molecule has 2 aliphatic heterocycles. The summed E-state index contributed by atoms with van der Waals surface area (Å²) in [5.74, 6) is 0.234. The number of piperidine rings is 1. The third-order valence-electron chi connectivity index (χ3n) is 3.54. The molecule has 1 N–H and O–H groups in total. The Kier molecular flexibility index (Phi) is 4.03. The Balaban J connectivity index is 0.00000112. The van der Waals surface area contributed by atoms with Crippen molar-refractivity contribution in [1.29, 1.82) is 0 Å². The number of hydrogen-bond acceptors (Lipinski definition) is 3. The third kappa shape index (κ3) is 2.46. The monoisotopic (exact) mass is 254 g/mol. The number of rotatable bonds is 2. The molecule has 2 heterocycles. The van der Waals surface area contributed by atoms with Gasteiger partial charge < -0.3 is 5.32 Å². The van der Waals surface area contributed by atoms with Crippen LogP contribution in [0, 0.1) is 5.41 Å². The Bertz CT molecular complexity index is 304. The van der Waals surface area contributed by atoms with Gasteiger partial charge in [-0.3, -0.25) is 0 Å². The number of halogens is 1. The van der Waals surface area contributed by atoms with E-state index in [-0.39, 0.29) is 18.2 Å². The third-order valence-corrected chi connectivity index (χ3v) is 5.42. The Hall–Kier alpha value is 0.160. The second-order valence-electron chi connectivity index (χ2n) is 4.40. The second-order valence-corrected chi connectivity index (χ2v) is 6.66. The molecular weight excluding hydrogens is 236 g/mol. The molecule has 0 bridgehead atoms. The summed E-state index contributed by atoms with van der Waals surface area (Å²) in [4.78, 5) is 0. The van der Waals surface area contributed by atoms with Crippen molar-refractivity contribution in [2.24, 2.45) is 5.41 Å². The van der Waals surface area contributed by atoms with E-state index in [2.05, 4.69) is 5.32 Å². The van der Waals surface area contributed by atoms with Gasteiger partial charge in [-0.2, -0.15) is 0 Å². The Labute approximate surface area is 97.9 Å². The zero-order valence-corrected chi connectivity index (χ0v) is 10.7. The molecule has 6 heteroatoms. The van der Waals surface area contributed by atoms with E-state index in [1.165, 1.54) is 0 Å². The number of nitrogens with zero attached hydrogens (tertiary/aromatic N) is 1. The maximum Gasteiger partial charge on any atom is 0.213 e. The molecular formula is C9H19ClN2O2S. The first-order valence-electron chi connectivity index (χ1n) is 5.27. The van der Waals surface area contributed by atoms with E-state index in [1.807, 2.05) is 0 Å². The van der Waals surface area contributed by atoms with Crippen LogP contribution in [0.4, 0.5) is 0 Å². The van der Waals surface area contributed by atoms with Crippen LogP contribution in [-0.4, -0.2) is 44.7 Å². The molecule has 2 fully saturated rings. The van der Waals surface area contributed by atoms with E-state index in [0.717, 1.165) is 39.0 Å². The highest BCUT2D eigenvalue weighted by Gasteiger charge is 2.41. The van der Waals surface area contributed by atoms with Crippen LogP contribution in [0.25, 0.3) is 0 Å². The first-order chi connectivity index (χ1) is 6.58. The molecule has 0 aromatic rings. The summed E-state index contributed by atoms with van der Waals surface area (Å²) < 4.78 is 24.8. The van der Waals surface area contributed by atoms with Gasteiger partial charge in [0.1, 0.15) is 0 Å².